The first-order chi connectivity index (χ1) is 24.4. The van der Waals surface area contributed by atoms with E-state index in [-0.39, 0.29) is 18.9 Å². The van der Waals surface area contributed by atoms with Crippen LogP contribution in [0.3, 0.4) is 0 Å². The summed E-state index contributed by atoms with van der Waals surface area (Å²) >= 11 is 0. The molecule has 1 aliphatic carbocycles. The zero-order chi connectivity index (χ0) is 37.9. The van der Waals surface area contributed by atoms with E-state index in [1.54, 1.807) is 30.3 Å². The van der Waals surface area contributed by atoms with Gasteiger partial charge in [-0.3, -0.25) is 10.1 Å². The van der Waals surface area contributed by atoms with Crippen molar-refractivity contribution in [2.24, 2.45) is 5.92 Å². The number of benzene rings is 1. The fourth-order valence-corrected chi connectivity index (χ4v) is 6.04. The molecule has 11 nitrogen and oxygen atoms in total. The first kappa shape index (κ1) is 38.3. The first-order valence-electron chi connectivity index (χ1n) is 16.5. The number of pyridine rings is 1. The lowest BCUT2D eigenvalue weighted by Crippen LogP contribution is -2.45. The second kappa shape index (κ2) is 14.9. The van der Waals surface area contributed by atoms with E-state index in [0.29, 0.717) is 37.3 Å². The number of carbonyl (C=O) groups is 2. The summed E-state index contributed by atoms with van der Waals surface area (Å²) < 4.78 is 106. The molecule has 1 saturated carbocycles. The minimum Gasteiger partial charge on any atom is -0.444 e. The summed E-state index contributed by atoms with van der Waals surface area (Å²) in [6, 6.07) is 10.0. The van der Waals surface area contributed by atoms with Gasteiger partial charge in [-0.2, -0.15) is 31.6 Å². The molecule has 1 aliphatic heterocycles. The molecule has 17 heteroatoms. The molecule has 3 heterocycles. The van der Waals surface area contributed by atoms with Crippen LogP contribution < -0.4 is 5.32 Å². The molecular formula is C35H36F6N6O5. The number of alkyl halides is 6. The average Bonchev–Trinajstić information content (AvgIpc) is 3.56. The summed E-state index contributed by atoms with van der Waals surface area (Å²) in [7, 11) is 0. The van der Waals surface area contributed by atoms with Crippen LogP contribution in [0.25, 0.3) is 11.6 Å². The predicted octanol–water partition coefficient (Wildman–Crippen LogP) is 8.35. The second-order valence-corrected chi connectivity index (χ2v) is 13.5. The highest BCUT2D eigenvalue weighted by Gasteiger charge is 2.61. The number of ether oxygens (including phenoxy) is 2. The van der Waals surface area contributed by atoms with Crippen molar-refractivity contribution >= 4 is 17.7 Å². The Labute approximate surface area is 295 Å². The molecule has 0 spiro atoms. The third-order valence-corrected chi connectivity index (χ3v) is 8.61. The van der Waals surface area contributed by atoms with E-state index < -0.39 is 89.0 Å². The van der Waals surface area contributed by atoms with Crippen LogP contribution in [0.5, 0.6) is 0 Å². The van der Waals surface area contributed by atoms with E-state index in [9.17, 15) is 28.0 Å². The zero-order valence-corrected chi connectivity index (χ0v) is 28.5. The van der Waals surface area contributed by atoms with Gasteiger partial charge in [0.25, 0.3) is 17.7 Å². The van der Waals surface area contributed by atoms with Crippen LogP contribution in [0.15, 0.2) is 53.0 Å². The highest BCUT2D eigenvalue weighted by Crippen LogP contribution is 2.47. The van der Waals surface area contributed by atoms with Crippen LogP contribution in [-0.4, -0.2) is 56.4 Å². The lowest BCUT2D eigenvalue weighted by Gasteiger charge is -2.36. The van der Waals surface area contributed by atoms with Crippen molar-refractivity contribution in [1.29, 1.82) is 5.26 Å². The van der Waals surface area contributed by atoms with Crippen LogP contribution >= 0.6 is 0 Å². The molecular weight excluding hydrogens is 698 g/mol. The van der Waals surface area contributed by atoms with Gasteiger partial charge >= 0.3 is 18.4 Å². The number of hydrogen-bond acceptors (Lipinski definition) is 9. The SMILES string of the molecule is CC(C)(C)OC(=O)Nc1cc(C(F)(F)F)c2nc1-c1nnc(o1)[C@@](OCc1ccccc1)(C(F)(F)F)CC=CCCN([C@H]1CC[C@H](C#N)CC1)C2=O. The minimum absolute atomic E-state index is 0.0435. The molecule has 2 aromatic heterocycles. The summed E-state index contributed by atoms with van der Waals surface area (Å²) in [6.07, 6.45) is -8.53. The Hall–Kier alpha value is -4.98. The van der Waals surface area contributed by atoms with E-state index in [1.807, 2.05) is 0 Å². The Morgan fingerprint density at radius 3 is 2.35 bits per heavy atom. The number of halogens is 6. The smallest absolute Gasteiger partial charge is 0.426 e. The molecule has 1 atom stereocenters. The van der Waals surface area contributed by atoms with Gasteiger partial charge in [-0.25, -0.2) is 9.78 Å². The molecule has 4 bridgehead atoms. The lowest BCUT2D eigenvalue weighted by molar-refractivity contribution is -0.295. The molecule has 0 saturated heterocycles. The van der Waals surface area contributed by atoms with Crippen LogP contribution in [-0.2, 0) is 27.9 Å². The molecule has 1 N–H and O–H groups in total. The summed E-state index contributed by atoms with van der Waals surface area (Å²) in [5.74, 6) is -3.32. The average molecular weight is 735 g/mol. The van der Waals surface area contributed by atoms with Crippen molar-refractivity contribution in [2.75, 3.05) is 11.9 Å². The van der Waals surface area contributed by atoms with Crippen molar-refractivity contribution in [3.05, 3.63) is 71.3 Å². The number of nitrogens with zero attached hydrogens (tertiary/aromatic N) is 5. The van der Waals surface area contributed by atoms with Crippen LogP contribution in [0.2, 0.25) is 0 Å². The van der Waals surface area contributed by atoms with Gasteiger partial charge in [0.15, 0.2) is 5.69 Å². The van der Waals surface area contributed by atoms with Crippen LogP contribution in [0.4, 0.5) is 36.8 Å². The monoisotopic (exact) mass is 734 g/mol. The maximum Gasteiger partial charge on any atom is 0.426 e. The molecule has 1 aromatic carbocycles. The molecule has 278 valence electrons. The quantitative estimate of drug-likeness (QED) is 0.202. The summed E-state index contributed by atoms with van der Waals surface area (Å²) in [5, 5.41) is 18.9. The van der Waals surface area contributed by atoms with Gasteiger partial charge in [-0.1, -0.05) is 42.5 Å². The van der Waals surface area contributed by atoms with Gasteiger partial charge in [-0.05, 0) is 64.5 Å². The first-order valence-corrected chi connectivity index (χ1v) is 16.5. The molecule has 5 rings (SSSR count). The van der Waals surface area contributed by atoms with Gasteiger partial charge < -0.3 is 18.8 Å². The molecule has 1 fully saturated rings. The van der Waals surface area contributed by atoms with E-state index in [4.69, 9.17) is 13.9 Å². The molecule has 2 aliphatic rings. The lowest BCUT2D eigenvalue weighted by atomic mass is 9.86. The molecule has 52 heavy (non-hydrogen) atoms. The Kier molecular flexibility index (Phi) is 11.0. The van der Waals surface area contributed by atoms with E-state index in [1.165, 1.54) is 37.8 Å². The van der Waals surface area contributed by atoms with Crippen LogP contribution in [0.1, 0.15) is 86.8 Å². The minimum atomic E-state index is -5.19. The Morgan fingerprint density at radius 1 is 1.04 bits per heavy atom. The van der Waals surface area contributed by atoms with E-state index >= 15 is 13.2 Å². The molecule has 3 aromatic rings. The number of carbonyl (C=O) groups excluding carboxylic acids is 2. The van der Waals surface area contributed by atoms with Crippen molar-refractivity contribution in [3.63, 3.8) is 0 Å². The van der Waals surface area contributed by atoms with Crippen molar-refractivity contribution in [1.82, 2.24) is 20.1 Å². The van der Waals surface area contributed by atoms with E-state index in [2.05, 4.69) is 26.6 Å². The molecule has 2 amide bonds. The standard InChI is InChI=1S/C35H36F6N6O5/c1-32(2,3)52-31(49)43-25-18-24(34(36,37)38)26-29(48)47(23-14-12-21(19-42)13-15-23)17-9-5-8-16-33(35(39,40)41,50-20-22-10-6-4-7-11-22)30-46-45-28(51-30)27(25)44-26/h4-8,10-11,18,21,23H,9,12-17,20H2,1-3H3,(H,43,49)/t21-,23-,33-/m1/s1. The van der Waals surface area contributed by atoms with Crippen molar-refractivity contribution < 1.29 is 49.8 Å². The third-order valence-electron chi connectivity index (χ3n) is 8.61. The second-order valence-electron chi connectivity index (χ2n) is 13.5. The van der Waals surface area contributed by atoms with Crippen molar-refractivity contribution in [3.8, 4) is 17.7 Å². The van der Waals surface area contributed by atoms with Gasteiger partial charge in [0.2, 0.25) is 5.60 Å². The number of anilines is 1. The van der Waals surface area contributed by atoms with Gasteiger partial charge in [0.1, 0.15) is 11.3 Å². The van der Waals surface area contributed by atoms with Crippen molar-refractivity contribution in [2.45, 2.75) is 95.5 Å². The molecule has 0 unspecified atom stereocenters. The number of aromatic nitrogens is 3. The topological polar surface area (TPSA) is 143 Å². The van der Waals surface area contributed by atoms with Gasteiger partial charge in [0, 0.05) is 24.9 Å². The van der Waals surface area contributed by atoms with Gasteiger partial charge in [-0.15, -0.1) is 10.2 Å². The Balaban J connectivity index is 1.71. The highest BCUT2D eigenvalue weighted by molar-refractivity contribution is 5.97. The predicted molar refractivity (Wildman–Crippen MR) is 172 cm³/mol. The van der Waals surface area contributed by atoms with Gasteiger partial charge in [0.05, 0.1) is 23.9 Å². The number of nitrogens with one attached hydrogen (secondary N) is 1. The largest absolute Gasteiger partial charge is 0.444 e. The highest BCUT2D eigenvalue weighted by atomic mass is 19.4. The fraction of sp³-hybridized carbons (Fsp3) is 0.486. The number of hydrogen-bond donors (Lipinski definition) is 1. The Bertz CT molecular complexity index is 1820. The normalized spacial score (nSPS) is 21.6. The summed E-state index contributed by atoms with van der Waals surface area (Å²) in [5.41, 5.74) is -7.98. The maximum atomic E-state index is 15.2. The molecule has 0 radical (unpaired) electrons. The van der Waals surface area contributed by atoms with Crippen LogP contribution in [0, 0.1) is 17.2 Å². The number of nitriles is 1. The summed E-state index contributed by atoms with van der Waals surface area (Å²) in [4.78, 5) is 32.2. The fourth-order valence-electron chi connectivity index (χ4n) is 6.04. The third kappa shape index (κ3) is 8.55. The zero-order valence-electron chi connectivity index (χ0n) is 28.5. The number of fused-ring (bicyclic) bond motifs is 5. The number of amides is 2. The summed E-state index contributed by atoms with van der Waals surface area (Å²) in [6.45, 7) is 3.80. The maximum absolute atomic E-state index is 15.2. The number of rotatable bonds is 5. The Morgan fingerprint density at radius 2 is 1.73 bits per heavy atom. The van der Waals surface area contributed by atoms with E-state index in [0.717, 1.165) is 0 Å².